The van der Waals surface area contributed by atoms with Gasteiger partial charge in [-0.25, -0.2) is 8.78 Å². The molecule has 28 heavy (non-hydrogen) atoms. The van der Waals surface area contributed by atoms with Crippen LogP contribution in [0.1, 0.15) is 5.56 Å². The fourth-order valence-electron chi connectivity index (χ4n) is 2.75. The van der Waals surface area contributed by atoms with Crippen LogP contribution in [-0.2, 0) is 0 Å². The van der Waals surface area contributed by atoms with Crippen molar-refractivity contribution in [2.24, 2.45) is 0 Å². The lowest BCUT2D eigenvalue weighted by Gasteiger charge is -2.12. The fraction of sp³-hybridized carbons (Fsp3) is 0.0455. The van der Waals surface area contributed by atoms with E-state index in [1.165, 1.54) is 17.5 Å². The molecule has 0 aliphatic heterocycles. The lowest BCUT2D eigenvalue weighted by molar-refractivity contribution is 0.469. The number of halogens is 2. The van der Waals surface area contributed by atoms with E-state index in [1.807, 2.05) is 43.3 Å². The molecule has 6 heteroatoms. The number of fused-ring (bicyclic) bond motifs is 1. The number of hydrogen-bond donors (Lipinski definition) is 1. The summed E-state index contributed by atoms with van der Waals surface area (Å²) in [6.45, 7) is 2.04. The van der Waals surface area contributed by atoms with E-state index in [0.717, 1.165) is 39.7 Å². The van der Waals surface area contributed by atoms with Crippen molar-refractivity contribution in [3.05, 3.63) is 90.1 Å². The zero-order chi connectivity index (χ0) is 19.5. The van der Waals surface area contributed by atoms with Crippen LogP contribution in [0.5, 0.6) is 11.5 Å². The van der Waals surface area contributed by atoms with Gasteiger partial charge in [0.25, 0.3) is 0 Å². The molecular weight excluding hydrogens is 378 g/mol. The number of ether oxygens (including phenoxy) is 1. The van der Waals surface area contributed by atoms with Gasteiger partial charge in [0.1, 0.15) is 23.1 Å². The zero-order valence-corrected chi connectivity index (χ0v) is 15.8. The Morgan fingerprint density at radius 2 is 1.61 bits per heavy atom. The van der Waals surface area contributed by atoms with Crippen molar-refractivity contribution >= 4 is 28.5 Å². The lowest BCUT2D eigenvalue weighted by atomic mass is 10.2. The average molecular weight is 394 g/mol. The van der Waals surface area contributed by atoms with Crippen molar-refractivity contribution in [1.29, 1.82) is 0 Å². The number of benzene rings is 3. The van der Waals surface area contributed by atoms with E-state index in [-0.39, 0.29) is 5.75 Å². The molecule has 0 atom stereocenters. The molecular formula is C22H16F2N2OS. The first-order chi connectivity index (χ1) is 13.6. The lowest BCUT2D eigenvalue weighted by Crippen LogP contribution is -1.93. The Bertz CT molecular complexity index is 1110. The van der Waals surface area contributed by atoms with Crippen molar-refractivity contribution in [2.75, 3.05) is 4.72 Å². The number of nitrogens with one attached hydrogen (secondary N) is 1. The molecule has 0 saturated heterocycles. The Kier molecular flexibility index (Phi) is 5.12. The second-order valence-corrected chi connectivity index (χ2v) is 7.15. The monoisotopic (exact) mass is 394 g/mol. The highest BCUT2D eigenvalue weighted by Crippen LogP contribution is 2.33. The second-order valence-electron chi connectivity index (χ2n) is 6.27. The number of anilines is 1. The molecule has 3 aromatic carbocycles. The van der Waals surface area contributed by atoms with Crippen molar-refractivity contribution in [3.8, 4) is 11.5 Å². The number of rotatable bonds is 5. The Morgan fingerprint density at radius 1 is 0.893 bits per heavy atom. The van der Waals surface area contributed by atoms with Crippen LogP contribution in [-0.4, -0.2) is 4.98 Å². The molecule has 0 bridgehead atoms. The summed E-state index contributed by atoms with van der Waals surface area (Å²) in [5.74, 6) is -0.827. The Morgan fingerprint density at radius 3 is 2.36 bits per heavy atom. The molecule has 0 radical (unpaired) electrons. The van der Waals surface area contributed by atoms with Gasteiger partial charge in [0.2, 0.25) is 0 Å². The highest BCUT2D eigenvalue weighted by molar-refractivity contribution is 8.00. The normalized spacial score (nSPS) is 10.8. The topological polar surface area (TPSA) is 34.1 Å². The maximum absolute atomic E-state index is 13.5. The number of aryl methyl sites for hydroxylation is 1. The van der Waals surface area contributed by atoms with Gasteiger partial charge in [0.15, 0.2) is 0 Å². The van der Waals surface area contributed by atoms with E-state index >= 15 is 0 Å². The molecule has 140 valence electrons. The molecule has 1 N–H and O–H groups in total. The first-order valence-corrected chi connectivity index (χ1v) is 9.41. The molecule has 0 spiro atoms. The third kappa shape index (κ3) is 4.23. The van der Waals surface area contributed by atoms with Gasteiger partial charge in [-0.15, -0.1) is 0 Å². The number of nitrogens with zero attached hydrogens (tertiary/aromatic N) is 1. The van der Waals surface area contributed by atoms with E-state index in [4.69, 9.17) is 4.74 Å². The van der Waals surface area contributed by atoms with E-state index < -0.39 is 11.6 Å². The maximum atomic E-state index is 13.5. The van der Waals surface area contributed by atoms with Crippen molar-refractivity contribution in [2.45, 2.75) is 11.8 Å². The minimum atomic E-state index is -0.689. The van der Waals surface area contributed by atoms with Gasteiger partial charge in [0.05, 0.1) is 11.2 Å². The van der Waals surface area contributed by atoms with Gasteiger partial charge in [0, 0.05) is 40.7 Å². The molecule has 0 fully saturated rings. The van der Waals surface area contributed by atoms with Gasteiger partial charge in [-0.3, -0.25) is 4.98 Å². The summed E-state index contributed by atoms with van der Waals surface area (Å²) >= 11 is 1.45. The van der Waals surface area contributed by atoms with Crippen LogP contribution >= 0.6 is 11.9 Å². The fourth-order valence-corrected chi connectivity index (χ4v) is 3.40. The largest absolute Gasteiger partial charge is 0.457 e. The maximum Gasteiger partial charge on any atom is 0.133 e. The Balaban J connectivity index is 1.65. The third-order valence-corrected chi connectivity index (χ3v) is 4.88. The summed E-state index contributed by atoms with van der Waals surface area (Å²) < 4.78 is 35.9. The van der Waals surface area contributed by atoms with Gasteiger partial charge >= 0.3 is 0 Å². The zero-order valence-electron chi connectivity index (χ0n) is 14.9. The van der Waals surface area contributed by atoms with Crippen LogP contribution in [0.15, 0.2) is 77.8 Å². The molecule has 3 nitrogen and oxygen atoms in total. The average Bonchev–Trinajstić information content (AvgIpc) is 2.66. The molecule has 4 aromatic rings. The predicted molar refractivity (Wildman–Crippen MR) is 109 cm³/mol. The summed E-state index contributed by atoms with van der Waals surface area (Å²) in [6.07, 6.45) is 1.71. The van der Waals surface area contributed by atoms with Crippen LogP contribution in [0.4, 0.5) is 14.5 Å². The summed E-state index contributed by atoms with van der Waals surface area (Å²) in [5, 5.41) is 0.851. The van der Waals surface area contributed by atoms with Gasteiger partial charge in [-0.1, -0.05) is 23.8 Å². The van der Waals surface area contributed by atoms with Crippen LogP contribution in [0.3, 0.4) is 0 Å². The highest BCUT2D eigenvalue weighted by atomic mass is 32.2. The van der Waals surface area contributed by atoms with Crippen molar-refractivity contribution in [3.63, 3.8) is 0 Å². The Hall–Kier alpha value is -3.12. The van der Waals surface area contributed by atoms with E-state index in [9.17, 15) is 8.78 Å². The molecule has 1 heterocycles. The van der Waals surface area contributed by atoms with Crippen LogP contribution in [0.2, 0.25) is 0 Å². The van der Waals surface area contributed by atoms with Crippen LogP contribution in [0, 0.1) is 18.6 Å². The molecule has 0 amide bonds. The molecule has 4 rings (SSSR count). The molecule has 0 saturated carbocycles. The summed E-state index contributed by atoms with van der Waals surface area (Å²) in [5.41, 5.74) is 2.71. The van der Waals surface area contributed by atoms with Gasteiger partial charge in [-0.05, 0) is 43.1 Å². The first kappa shape index (κ1) is 18.3. The quantitative estimate of drug-likeness (QED) is 0.380. The predicted octanol–water partition coefficient (Wildman–Crippen LogP) is 6.73. The van der Waals surface area contributed by atoms with Crippen molar-refractivity contribution in [1.82, 2.24) is 4.98 Å². The Labute approximate surface area is 165 Å². The molecule has 0 unspecified atom stereocenters. The second kappa shape index (κ2) is 7.86. The SMILES string of the molecule is Cc1ccc(SNc2cc(Oc3cc(F)cc(F)c3)cc3cccnc23)cc1. The van der Waals surface area contributed by atoms with Gasteiger partial charge in [-0.2, -0.15) is 0 Å². The standard InChI is InChI=1S/C22H16F2N2OS/c1-14-4-6-20(7-5-14)28-26-21-13-18(9-15-3-2-8-25-22(15)21)27-19-11-16(23)10-17(24)12-19/h2-13,26H,1H3. The number of aromatic nitrogens is 1. The summed E-state index contributed by atoms with van der Waals surface area (Å²) in [4.78, 5) is 5.48. The van der Waals surface area contributed by atoms with E-state index in [2.05, 4.69) is 9.71 Å². The van der Waals surface area contributed by atoms with E-state index in [1.54, 1.807) is 18.3 Å². The summed E-state index contributed by atoms with van der Waals surface area (Å²) in [7, 11) is 0. The highest BCUT2D eigenvalue weighted by Gasteiger charge is 2.09. The number of pyridine rings is 1. The van der Waals surface area contributed by atoms with E-state index in [0.29, 0.717) is 5.75 Å². The summed E-state index contributed by atoms with van der Waals surface area (Å²) in [6, 6.07) is 18.5. The first-order valence-electron chi connectivity index (χ1n) is 8.59. The molecule has 0 aliphatic rings. The molecule has 0 aliphatic carbocycles. The van der Waals surface area contributed by atoms with Crippen LogP contribution < -0.4 is 9.46 Å². The smallest absolute Gasteiger partial charge is 0.133 e. The third-order valence-electron chi connectivity index (χ3n) is 4.05. The van der Waals surface area contributed by atoms with Gasteiger partial charge < -0.3 is 9.46 Å². The minimum absolute atomic E-state index is 0.0953. The number of hydrogen-bond acceptors (Lipinski definition) is 4. The minimum Gasteiger partial charge on any atom is -0.457 e. The molecule has 1 aromatic heterocycles. The van der Waals surface area contributed by atoms with Crippen LogP contribution in [0.25, 0.3) is 10.9 Å². The van der Waals surface area contributed by atoms with Crippen molar-refractivity contribution < 1.29 is 13.5 Å².